The van der Waals surface area contributed by atoms with Crippen LogP contribution in [0.4, 0.5) is 10.3 Å². The number of benzene rings is 1. The van der Waals surface area contributed by atoms with E-state index in [4.69, 9.17) is 5.73 Å². The van der Waals surface area contributed by atoms with E-state index in [1.807, 2.05) is 4.57 Å². The number of halogens is 2. The smallest absolute Gasteiger partial charge is 0.201 e. The van der Waals surface area contributed by atoms with E-state index in [-0.39, 0.29) is 11.9 Å². The highest BCUT2D eigenvalue weighted by Gasteiger charge is 2.16. The molecule has 2 aromatic heterocycles. The Morgan fingerprint density at radius 3 is 3.00 bits per heavy atom. The third-order valence-electron chi connectivity index (χ3n) is 3.31. The SMILES string of the molecule is CC(Cc1ccsc1)n1c(N)nc2cc(F)c(Br)cc21. The van der Waals surface area contributed by atoms with Crippen LogP contribution in [-0.2, 0) is 6.42 Å². The summed E-state index contributed by atoms with van der Waals surface area (Å²) >= 11 is 4.89. The lowest BCUT2D eigenvalue weighted by atomic mass is 10.1. The van der Waals surface area contributed by atoms with Crippen molar-refractivity contribution in [1.29, 1.82) is 0 Å². The van der Waals surface area contributed by atoms with Gasteiger partial charge in [-0.2, -0.15) is 11.3 Å². The van der Waals surface area contributed by atoms with Crippen molar-refractivity contribution in [2.24, 2.45) is 0 Å². The van der Waals surface area contributed by atoms with Crippen molar-refractivity contribution in [1.82, 2.24) is 9.55 Å². The van der Waals surface area contributed by atoms with E-state index >= 15 is 0 Å². The summed E-state index contributed by atoms with van der Waals surface area (Å²) in [5, 5.41) is 4.19. The van der Waals surface area contributed by atoms with Gasteiger partial charge in [-0.15, -0.1) is 0 Å². The van der Waals surface area contributed by atoms with Crippen LogP contribution in [0.25, 0.3) is 11.0 Å². The minimum Gasteiger partial charge on any atom is -0.369 e. The van der Waals surface area contributed by atoms with Crippen LogP contribution in [0.5, 0.6) is 0 Å². The molecule has 0 aliphatic heterocycles. The van der Waals surface area contributed by atoms with Crippen LogP contribution in [0, 0.1) is 5.82 Å². The van der Waals surface area contributed by atoms with Gasteiger partial charge in [0.1, 0.15) is 5.82 Å². The average molecular weight is 354 g/mol. The maximum Gasteiger partial charge on any atom is 0.201 e. The zero-order chi connectivity index (χ0) is 14.3. The van der Waals surface area contributed by atoms with E-state index in [1.54, 1.807) is 17.4 Å². The maximum absolute atomic E-state index is 13.6. The lowest BCUT2D eigenvalue weighted by molar-refractivity contribution is 0.567. The molecule has 3 nitrogen and oxygen atoms in total. The van der Waals surface area contributed by atoms with Gasteiger partial charge in [0.15, 0.2) is 0 Å². The fourth-order valence-corrected chi connectivity index (χ4v) is 3.43. The van der Waals surface area contributed by atoms with E-state index in [9.17, 15) is 4.39 Å². The number of fused-ring (bicyclic) bond motifs is 1. The van der Waals surface area contributed by atoms with Crippen LogP contribution in [0.1, 0.15) is 18.5 Å². The van der Waals surface area contributed by atoms with Crippen molar-refractivity contribution in [3.8, 4) is 0 Å². The highest BCUT2D eigenvalue weighted by molar-refractivity contribution is 9.10. The fourth-order valence-electron chi connectivity index (χ4n) is 2.41. The number of thiophene rings is 1. The van der Waals surface area contributed by atoms with Gasteiger partial charge in [0, 0.05) is 12.1 Å². The minimum absolute atomic E-state index is 0.159. The molecule has 0 bridgehead atoms. The number of imidazole rings is 1. The molecule has 104 valence electrons. The Hall–Kier alpha value is -1.40. The van der Waals surface area contributed by atoms with Gasteiger partial charge in [0.2, 0.25) is 5.95 Å². The first-order valence-corrected chi connectivity index (χ1v) is 7.93. The molecule has 3 rings (SSSR count). The van der Waals surface area contributed by atoms with Crippen molar-refractivity contribution in [2.45, 2.75) is 19.4 Å². The number of anilines is 1. The number of nitrogens with two attached hydrogens (primary N) is 1. The van der Waals surface area contributed by atoms with Gasteiger partial charge in [0.05, 0.1) is 15.5 Å². The number of nitrogen functional groups attached to an aromatic ring is 1. The first kappa shape index (κ1) is 13.6. The van der Waals surface area contributed by atoms with Crippen LogP contribution in [-0.4, -0.2) is 9.55 Å². The van der Waals surface area contributed by atoms with E-state index < -0.39 is 0 Å². The van der Waals surface area contributed by atoms with Crippen LogP contribution >= 0.6 is 27.3 Å². The van der Waals surface area contributed by atoms with Gasteiger partial charge < -0.3 is 10.3 Å². The zero-order valence-electron chi connectivity index (χ0n) is 10.8. The van der Waals surface area contributed by atoms with Crippen molar-refractivity contribution in [2.75, 3.05) is 5.73 Å². The van der Waals surface area contributed by atoms with Gasteiger partial charge in [-0.05, 0) is 57.7 Å². The lowest BCUT2D eigenvalue weighted by Crippen LogP contribution is -2.11. The molecule has 3 aromatic rings. The second-order valence-electron chi connectivity index (χ2n) is 4.78. The van der Waals surface area contributed by atoms with Crippen molar-refractivity contribution >= 4 is 44.2 Å². The fraction of sp³-hybridized carbons (Fsp3) is 0.214. The predicted molar refractivity (Wildman–Crippen MR) is 84.5 cm³/mol. The number of nitrogens with zero attached hydrogens (tertiary/aromatic N) is 2. The molecular weight excluding hydrogens is 341 g/mol. The summed E-state index contributed by atoms with van der Waals surface area (Å²) in [4.78, 5) is 4.25. The Labute approximate surface area is 128 Å². The predicted octanol–water partition coefficient (Wildman–Crippen LogP) is 4.39. The summed E-state index contributed by atoms with van der Waals surface area (Å²) in [6, 6.07) is 5.40. The van der Waals surface area contributed by atoms with Crippen molar-refractivity contribution in [3.05, 3.63) is 44.8 Å². The first-order valence-electron chi connectivity index (χ1n) is 6.20. The molecule has 2 heterocycles. The second kappa shape index (κ2) is 5.18. The lowest BCUT2D eigenvalue weighted by Gasteiger charge is -2.15. The normalized spacial score (nSPS) is 12.9. The molecule has 0 saturated heterocycles. The number of aromatic nitrogens is 2. The summed E-state index contributed by atoms with van der Waals surface area (Å²) in [6.45, 7) is 2.09. The van der Waals surface area contributed by atoms with E-state index in [0.717, 1.165) is 11.9 Å². The van der Waals surface area contributed by atoms with Crippen molar-refractivity contribution < 1.29 is 4.39 Å². The topological polar surface area (TPSA) is 43.8 Å². The van der Waals surface area contributed by atoms with Crippen LogP contribution in [0.3, 0.4) is 0 Å². The summed E-state index contributed by atoms with van der Waals surface area (Å²) in [6.07, 6.45) is 0.869. The highest BCUT2D eigenvalue weighted by Crippen LogP contribution is 2.29. The largest absolute Gasteiger partial charge is 0.369 e. The summed E-state index contributed by atoms with van der Waals surface area (Å²) < 4.78 is 15.9. The molecule has 20 heavy (non-hydrogen) atoms. The molecule has 1 atom stereocenters. The zero-order valence-corrected chi connectivity index (χ0v) is 13.2. The first-order chi connectivity index (χ1) is 9.56. The monoisotopic (exact) mass is 353 g/mol. The average Bonchev–Trinajstić information content (AvgIpc) is 2.97. The van der Waals surface area contributed by atoms with Crippen LogP contribution in [0.2, 0.25) is 0 Å². The molecule has 0 saturated carbocycles. The number of hydrogen-bond donors (Lipinski definition) is 1. The summed E-state index contributed by atoms with van der Waals surface area (Å²) in [5.74, 6) is 0.0906. The van der Waals surface area contributed by atoms with E-state index in [1.165, 1.54) is 11.6 Å². The van der Waals surface area contributed by atoms with Gasteiger partial charge in [-0.3, -0.25) is 0 Å². The molecule has 0 spiro atoms. The molecule has 1 aromatic carbocycles. The Morgan fingerprint density at radius 1 is 1.50 bits per heavy atom. The molecule has 0 radical (unpaired) electrons. The maximum atomic E-state index is 13.6. The Morgan fingerprint density at radius 2 is 2.30 bits per heavy atom. The van der Waals surface area contributed by atoms with Gasteiger partial charge in [-0.1, -0.05) is 0 Å². The summed E-state index contributed by atoms with van der Waals surface area (Å²) in [7, 11) is 0. The highest BCUT2D eigenvalue weighted by atomic mass is 79.9. The minimum atomic E-state index is -0.326. The molecule has 0 aliphatic rings. The molecule has 2 N–H and O–H groups in total. The Balaban J connectivity index is 2.06. The van der Waals surface area contributed by atoms with Crippen LogP contribution in [0.15, 0.2) is 33.4 Å². The van der Waals surface area contributed by atoms with Gasteiger partial charge in [-0.25, -0.2) is 9.37 Å². The quantitative estimate of drug-likeness (QED) is 0.758. The van der Waals surface area contributed by atoms with Crippen LogP contribution < -0.4 is 5.73 Å². The van der Waals surface area contributed by atoms with Gasteiger partial charge in [0.25, 0.3) is 0 Å². The third kappa shape index (κ3) is 2.33. The molecule has 0 aliphatic carbocycles. The molecule has 0 amide bonds. The number of rotatable bonds is 3. The van der Waals surface area contributed by atoms with E-state index in [2.05, 4.69) is 44.7 Å². The standard InChI is InChI=1S/C14H13BrFN3S/c1-8(4-9-2-3-20-7-9)19-13-5-10(15)11(16)6-12(13)18-14(19)17/h2-3,5-8H,4H2,1H3,(H2,17,18). The second-order valence-corrected chi connectivity index (χ2v) is 6.41. The summed E-state index contributed by atoms with van der Waals surface area (Å²) in [5.41, 5.74) is 8.70. The number of hydrogen-bond acceptors (Lipinski definition) is 3. The Bertz CT molecular complexity index is 751. The molecular formula is C14H13BrFN3S. The third-order valence-corrected chi connectivity index (χ3v) is 4.65. The molecule has 1 unspecified atom stereocenters. The molecule has 0 fully saturated rings. The van der Waals surface area contributed by atoms with Crippen molar-refractivity contribution in [3.63, 3.8) is 0 Å². The van der Waals surface area contributed by atoms with E-state index in [0.29, 0.717) is 15.9 Å². The Kier molecular flexibility index (Phi) is 3.52. The van der Waals surface area contributed by atoms with Gasteiger partial charge >= 0.3 is 0 Å². The molecule has 6 heteroatoms.